The molecule has 4 nitrogen and oxygen atoms in total. The Hall–Kier alpha value is -3.01. The molecule has 0 fully saturated rings. The maximum Gasteiger partial charge on any atom is 0.261 e. The van der Waals surface area contributed by atoms with Crippen molar-refractivity contribution in [3.63, 3.8) is 0 Å². The van der Waals surface area contributed by atoms with Gasteiger partial charge >= 0.3 is 0 Å². The Morgan fingerprint density at radius 1 is 0.964 bits per heavy atom. The molecule has 0 radical (unpaired) electrons. The number of carbonyl (C=O) groups is 1. The number of carbonyl (C=O) groups excluding carboxylic acids is 1. The fraction of sp³-hybridized carbons (Fsp3) is 0.292. The molecule has 0 unspecified atom stereocenters. The van der Waals surface area contributed by atoms with Gasteiger partial charge in [0.15, 0.2) is 6.10 Å². The zero-order valence-corrected chi connectivity index (χ0v) is 16.5. The lowest BCUT2D eigenvalue weighted by molar-refractivity contribution is -0.128. The van der Waals surface area contributed by atoms with E-state index in [4.69, 9.17) is 9.47 Å². The molecule has 28 heavy (non-hydrogen) atoms. The fourth-order valence-electron chi connectivity index (χ4n) is 3.29. The average Bonchev–Trinajstić information content (AvgIpc) is 2.75. The van der Waals surface area contributed by atoms with E-state index >= 15 is 0 Å². The van der Waals surface area contributed by atoms with Crippen LogP contribution in [0, 0.1) is 0 Å². The van der Waals surface area contributed by atoms with Crippen molar-refractivity contribution in [1.82, 2.24) is 5.32 Å². The quantitative estimate of drug-likeness (QED) is 0.547. The second kappa shape index (κ2) is 9.79. The number of hydrogen-bond donors (Lipinski definition) is 1. The summed E-state index contributed by atoms with van der Waals surface area (Å²) >= 11 is 0. The van der Waals surface area contributed by atoms with Gasteiger partial charge in [-0.3, -0.25) is 4.79 Å². The Kier molecular flexibility index (Phi) is 6.90. The van der Waals surface area contributed by atoms with Gasteiger partial charge in [-0.25, -0.2) is 0 Å². The minimum Gasteiger partial charge on any atom is -0.496 e. The van der Waals surface area contributed by atoms with E-state index in [-0.39, 0.29) is 5.91 Å². The van der Waals surface area contributed by atoms with Gasteiger partial charge in [-0.2, -0.15) is 0 Å². The van der Waals surface area contributed by atoms with Crippen molar-refractivity contribution in [3.8, 4) is 11.5 Å². The highest BCUT2D eigenvalue weighted by atomic mass is 16.5. The highest BCUT2D eigenvalue weighted by Crippen LogP contribution is 2.26. The van der Waals surface area contributed by atoms with E-state index in [1.54, 1.807) is 7.11 Å². The minimum absolute atomic E-state index is 0.0736. The molecule has 0 aliphatic rings. The summed E-state index contributed by atoms with van der Waals surface area (Å²) in [5.41, 5.74) is 1.15. The van der Waals surface area contributed by atoms with Crippen molar-refractivity contribution in [2.45, 2.75) is 32.3 Å². The number of methoxy groups -OCH3 is 1. The Bertz CT molecular complexity index is 917. The van der Waals surface area contributed by atoms with E-state index in [1.807, 2.05) is 67.6 Å². The first kappa shape index (κ1) is 19.7. The zero-order chi connectivity index (χ0) is 19.8. The third kappa shape index (κ3) is 4.83. The summed E-state index contributed by atoms with van der Waals surface area (Å²) in [5, 5.41) is 5.13. The van der Waals surface area contributed by atoms with Gasteiger partial charge in [0.2, 0.25) is 0 Å². The summed E-state index contributed by atoms with van der Waals surface area (Å²) < 4.78 is 11.4. The number of nitrogens with one attached hydrogen (secondary N) is 1. The first-order valence-corrected chi connectivity index (χ1v) is 9.77. The third-order valence-electron chi connectivity index (χ3n) is 4.80. The largest absolute Gasteiger partial charge is 0.496 e. The number of rotatable bonds is 9. The number of fused-ring (bicyclic) bond motifs is 1. The van der Waals surface area contributed by atoms with E-state index in [9.17, 15) is 4.79 Å². The van der Waals surface area contributed by atoms with Crippen molar-refractivity contribution < 1.29 is 14.3 Å². The summed E-state index contributed by atoms with van der Waals surface area (Å²) in [5.74, 6) is 1.56. The van der Waals surface area contributed by atoms with Crippen LogP contribution >= 0.6 is 0 Å². The molecule has 0 spiro atoms. The van der Waals surface area contributed by atoms with Crippen molar-refractivity contribution in [2.75, 3.05) is 13.7 Å². The first-order valence-electron chi connectivity index (χ1n) is 9.77. The average molecular weight is 377 g/mol. The van der Waals surface area contributed by atoms with Crippen LogP contribution in [-0.2, 0) is 11.2 Å². The topological polar surface area (TPSA) is 47.6 Å². The van der Waals surface area contributed by atoms with Gasteiger partial charge < -0.3 is 14.8 Å². The molecule has 1 amide bonds. The molecule has 0 heterocycles. The molecule has 1 N–H and O–H groups in total. The van der Waals surface area contributed by atoms with Crippen molar-refractivity contribution in [2.24, 2.45) is 0 Å². The van der Waals surface area contributed by atoms with Gasteiger partial charge in [-0.15, -0.1) is 0 Å². The van der Waals surface area contributed by atoms with E-state index in [1.165, 1.54) is 0 Å². The number of benzene rings is 3. The number of amides is 1. The molecule has 0 aromatic heterocycles. The normalized spacial score (nSPS) is 11.8. The van der Waals surface area contributed by atoms with Gasteiger partial charge in [0, 0.05) is 11.9 Å². The predicted octanol–water partition coefficient (Wildman–Crippen LogP) is 4.75. The van der Waals surface area contributed by atoms with Crippen LogP contribution in [0.3, 0.4) is 0 Å². The molecular formula is C24H27NO3. The Morgan fingerprint density at radius 3 is 2.50 bits per heavy atom. The van der Waals surface area contributed by atoms with Crippen LogP contribution in [0.4, 0.5) is 0 Å². The minimum atomic E-state index is -0.503. The number of hydrogen-bond acceptors (Lipinski definition) is 3. The van der Waals surface area contributed by atoms with E-state index in [0.29, 0.717) is 13.0 Å². The standard InChI is InChI=1S/C24H27NO3/c1-3-21(28-23-16-8-12-18-10-4-6-14-20(18)23)24(26)25-17-9-13-19-11-5-7-15-22(19)27-2/h4-8,10-12,14-16,21H,3,9,13,17H2,1-2H3,(H,25,26)/t21-/m0/s1. The summed E-state index contributed by atoms with van der Waals surface area (Å²) in [6.07, 6.45) is 1.81. The summed E-state index contributed by atoms with van der Waals surface area (Å²) in [7, 11) is 1.68. The number of aryl methyl sites for hydroxylation is 1. The van der Waals surface area contributed by atoms with Crippen LogP contribution < -0.4 is 14.8 Å². The highest BCUT2D eigenvalue weighted by molar-refractivity contribution is 5.89. The van der Waals surface area contributed by atoms with Crippen molar-refractivity contribution in [3.05, 3.63) is 72.3 Å². The SMILES string of the molecule is CC[C@H](Oc1cccc2ccccc12)C(=O)NCCCc1ccccc1OC. The van der Waals surface area contributed by atoms with Crippen LogP contribution in [0.5, 0.6) is 11.5 Å². The molecule has 146 valence electrons. The third-order valence-corrected chi connectivity index (χ3v) is 4.80. The highest BCUT2D eigenvalue weighted by Gasteiger charge is 2.18. The van der Waals surface area contributed by atoms with E-state index < -0.39 is 6.10 Å². The summed E-state index contributed by atoms with van der Waals surface area (Å²) in [6, 6.07) is 21.9. The van der Waals surface area contributed by atoms with Gasteiger partial charge in [-0.1, -0.05) is 61.5 Å². The molecule has 3 aromatic carbocycles. The van der Waals surface area contributed by atoms with Crippen molar-refractivity contribution in [1.29, 1.82) is 0 Å². The monoisotopic (exact) mass is 377 g/mol. The second-order valence-corrected chi connectivity index (χ2v) is 6.70. The van der Waals surface area contributed by atoms with E-state index in [0.717, 1.165) is 40.7 Å². The lowest BCUT2D eigenvalue weighted by Gasteiger charge is -2.18. The molecule has 3 rings (SSSR count). The van der Waals surface area contributed by atoms with Gasteiger partial charge in [0.1, 0.15) is 11.5 Å². The fourth-order valence-corrected chi connectivity index (χ4v) is 3.29. The molecule has 0 aliphatic heterocycles. The maximum atomic E-state index is 12.6. The van der Waals surface area contributed by atoms with Crippen LogP contribution in [0.2, 0.25) is 0 Å². The lowest BCUT2D eigenvalue weighted by Crippen LogP contribution is -2.38. The van der Waals surface area contributed by atoms with Crippen LogP contribution in [-0.4, -0.2) is 25.7 Å². The van der Waals surface area contributed by atoms with Gasteiger partial charge in [-0.05, 0) is 42.3 Å². The Morgan fingerprint density at radius 2 is 1.68 bits per heavy atom. The molecule has 0 bridgehead atoms. The Labute approximate surface area is 166 Å². The van der Waals surface area contributed by atoms with Crippen molar-refractivity contribution >= 4 is 16.7 Å². The van der Waals surface area contributed by atoms with Crippen LogP contribution in [0.15, 0.2) is 66.7 Å². The molecule has 3 aromatic rings. The molecule has 1 atom stereocenters. The molecule has 4 heteroatoms. The van der Waals surface area contributed by atoms with E-state index in [2.05, 4.69) is 11.4 Å². The lowest BCUT2D eigenvalue weighted by atomic mass is 10.1. The molecule has 0 saturated heterocycles. The first-order chi connectivity index (χ1) is 13.7. The molecule has 0 aliphatic carbocycles. The maximum absolute atomic E-state index is 12.6. The Balaban J connectivity index is 1.55. The molecule has 0 saturated carbocycles. The molecular weight excluding hydrogens is 350 g/mol. The number of ether oxygens (including phenoxy) is 2. The zero-order valence-electron chi connectivity index (χ0n) is 16.5. The summed E-state index contributed by atoms with van der Waals surface area (Å²) in [6.45, 7) is 2.57. The van der Waals surface area contributed by atoms with Gasteiger partial charge in [0.25, 0.3) is 5.91 Å². The van der Waals surface area contributed by atoms with Crippen LogP contribution in [0.25, 0.3) is 10.8 Å². The second-order valence-electron chi connectivity index (χ2n) is 6.70. The summed E-state index contributed by atoms with van der Waals surface area (Å²) in [4.78, 5) is 12.6. The smallest absolute Gasteiger partial charge is 0.261 e. The predicted molar refractivity (Wildman–Crippen MR) is 113 cm³/mol. The van der Waals surface area contributed by atoms with Crippen LogP contribution in [0.1, 0.15) is 25.3 Å². The van der Waals surface area contributed by atoms with Gasteiger partial charge in [0.05, 0.1) is 7.11 Å². The number of para-hydroxylation sites is 1.